The van der Waals surface area contributed by atoms with Crippen LogP contribution in [0.5, 0.6) is 0 Å². The number of nitrogens with one attached hydrogen (secondary N) is 1. The van der Waals surface area contributed by atoms with Gasteiger partial charge in [0, 0.05) is 16.9 Å². The van der Waals surface area contributed by atoms with E-state index in [1.165, 1.54) is 0 Å². The summed E-state index contributed by atoms with van der Waals surface area (Å²) in [5.41, 5.74) is -0.243. The van der Waals surface area contributed by atoms with Crippen LogP contribution in [0.25, 0.3) is 0 Å². The largest absolute Gasteiger partial charge is 0.477 e. The Morgan fingerprint density at radius 3 is 2.38 bits per heavy atom. The second kappa shape index (κ2) is 5.18. The van der Waals surface area contributed by atoms with E-state index in [0.29, 0.717) is 10.7 Å². The van der Waals surface area contributed by atoms with Crippen molar-refractivity contribution in [2.75, 3.05) is 5.32 Å². The summed E-state index contributed by atoms with van der Waals surface area (Å²) in [5, 5.41) is 20.1. The number of carbonyl (C=O) groups is 2. The summed E-state index contributed by atoms with van der Waals surface area (Å²) in [4.78, 5) is 21.0. The van der Waals surface area contributed by atoms with Gasteiger partial charge in [0.1, 0.15) is 0 Å². The van der Waals surface area contributed by atoms with Crippen molar-refractivity contribution < 1.29 is 19.8 Å². The number of carboxylic acids is 2. The SMILES string of the molecule is O=C(O)C(=CNc1cccc(Cl)c1)C(=O)O. The van der Waals surface area contributed by atoms with E-state index >= 15 is 0 Å². The third-order valence-electron chi connectivity index (χ3n) is 1.67. The van der Waals surface area contributed by atoms with Crippen LogP contribution in [0.2, 0.25) is 5.02 Å². The van der Waals surface area contributed by atoms with Crippen LogP contribution >= 0.6 is 11.6 Å². The van der Waals surface area contributed by atoms with Gasteiger partial charge in [0.2, 0.25) is 0 Å². The van der Waals surface area contributed by atoms with E-state index in [2.05, 4.69) is 5.32 Å². The molecule has 0 aromatic heterocycles. The van der Waals surface area contributed by atoms with Gasteiger partial charge in [-0.1, -0.05) is 17.7 Å². The lowest BCUT2D eigenvalue weighted by atomic mass is 10.3. The molecule has 0 aliphatic carbocycles. The van der Waals surface area contributed by atoms with Crippen LogP contribution in [0.1, 0.15) is 0 Å². The predicted molar refractivity (Wildman–Crippen MR) is 58.4 cm³/mol. The van der Waals surface area contributed by atoms with Gasteiger partial charge >= 0.3 is 11.9 Å². The molecule has 0 radical (unpaired) electrons. The molecule has 0 aliphatic rings. The lowest BCUT2D eigenvalue weighted by Crippen LogP contribution is -2.12. The van der Waals surface area contributed by atoms with Gasteiger partial charge in [-0.3, -0.25) is 0 Å². The van der Waals surface area contributed by atoms with Gasteiger partial charge < -0.3 is 15.5 Å². The van der Waals surface area contributed by atoms with Crippen LogP contribution in [0.15, 0.2) is 36.0 Å². The normalized spacial score (nSPS) is 9.31. The highest BCUT2D eigenvalue weighted by molar-refractivity contribution is 6.30. The summed E-state index contributed by atoms with van der Waals surface area (Å²) >= 11 is 5.69. The maximum atomic E-state index is 10.5. The minimum Gasteiger partial charge on any atom is -0.477 e. The van der Waals surface area contributed by atoms with Crippen molar-refractivity contribution in [2.24, 2.45) is 0 Å². The number of hydrogen-bond donors (Lipinski definition) is 3. The minimum atomic E-state index is -1.51. The van der Waals surface area contributed by atoms with Crippen molar-refractivity contribution in [2.45, 2.75) is 0 Å². The highest BCUT2D eigenvalue weighted by atomic mass is 35.5. The number of rotatable bonds is 4. The van der Waals surface area contributed by atoms with Gasteiger partial charge in [-0.05, 0) is 18.2 Å². The second-order valence-electron chi connectivity index (χ2n) is 2.82. The third kappa shape index (κ3) is 3.29. The molecule has 1 rings (SSSR count). The molecule has 16 heavy (non-hydrogen) atoms. The average molecular weight is 242 g/mol. The first kappa shape index (κ1) is 12.1. The van der Waals surface area contributed by atoms with Gasteiger partial charge in [-0.2, -0.15) is 0 Å². The van der Waals surface area contributed by atoms with Gasteiger partial charge in [0.15, 0.2) is 5.57 Å². The predicted octanol–water partition coefficient (Wildman–Crippen LogP) is 1.80. The average Bonchev–Trinajstić information content (AvgIpc) is 2.16. The molecule has 0 aliphatic heterocycles. The fourth-order valence-electron chi connectivity index (χ4n) is 0.949. The molecule has 3 N–H and O–H groups in total. The number of halogens is 1. The molecule has 5 nitrogen and oxygen atoms in total. The molecule has 0 atom stereocenters. The van der Waals surface area contributed by atoms with Crippen LogP contribution in [-0.2, 0) is 9.59 Å². The van der Waals surface area contributed by atoms with Crippen molar-refractivity contribution in [1.29, 1.82) is 0 Å². The fourth-order valence-corrected chi connectivity index (χ4v) is 1.14. The molecule has 1 aromatic carbocycles. The van der Waals surface area contributed by atoms with Crippen LogP contribution in [0, 0.1) is 0 Å². The molecule has 0 bridgehead atoms. The summed E-state index contributed by atoms with van der Waals surface area (Å²) in [5.74, 6) is -3.02. The Kier molecular flexibility index (Phi) is 3.90. The lowest BCUT2D eigenvalue weighted by molar-refractivity contribution is -0.140. The Morgan fingerprint density at radius 1 is 1.25 bits per heavy atom. The Morgan fingerprint density at radius 2 is 1.88 bits per heavy atom. The Balaban J connectivity index is 2.85. The molecule has 0 amide bonds. The van der Waals surface area contributed by atoms with Crippen molar-refractivity contribution in [1.82, 2.24) is 0 Å². The monoisotopic (exact) mass is 241 g/mol. The summed E-state index contributed by atoms with van der Waals surface area (Å²) in [6.45, 7) is 0. The van der Waals surface area contributed by atoms with Crippen molar-refractivity contribution in [3.63, 3.8) is 0 Å². The molecule has 6 heteroatoms. The maximum absolute atomic E-state index is 10.5. The van der Waals surface area contributed by atoms with Crippen LogP contribution in [0.3, 0.4) is 0 Å². The number of carboxylic acid groups (broad SMARTS) is 2. The van der Waals surface area contributed by atoms with Gasteiger partial charge in [-0.15, -0.1) is 0 Å². The van der Waals surface area contributed by atoms with E-state index in [4.69, 9.17) is 21.8 Å². The van der Waals surface area contributed by atoms with E-state index in [0.717, 1.165) is 6.20 Å². The topological polar surface area (TPSA) is 86.6 Å². The van der Waals surface area contributed by atoms with Crippen LogP contribution < -0.4 is 5.32 Å². The zero-order valence-electron chi connectivity index (χ0n) is 7.98. The second-order valence-corrected chi connectivity index (χ2v) is 3.26. The van der Waals surface area contributed by atoms with Crippen molar-refractivity contribution in [3.8, 4) is 0 Å². The van der Waals surface area contributed by atoms with Gasteiger partial charge in [0.05, 0.1) is 0 Å². The van der Waals surface area contributed by atoms with Crippen molar-refractivity contribution >= 4 is 29.2 Å². The molecule has 0 unspecified atom stereocenters. The standard InChI is InChI=1S/C10H8ClNO4/c11-6-2-1-3-7(4-6)12-5-8(9(13)14)10(15)16/h1-5,12H,(H,13,14)(H,15,16). The molecule has 0 fully saturated rings. The van der Waals surface area contributed by atoms with Crippen LogP contribution in [0.4, 0.5) is 5.69 Å². The Labute approximate surface area is 96.0 Å². The maximum Gasteiger partial charge on any atom is 0.344 e. The zero-order chi connectivity index (χ0) is 12.1. The minimum absolute atomic E-state index is 0.464. The molecule has 0 saturated heterocycles. The molecule has 0 heterocycles. The zero-order valence-corrected chi connectivity index (χ0v) is 8.73. The molecule has 1 aromatic rings. The third-order valence-corrected chi connectivity index (χ3v) is 1.90. The Bertz CT molecular complexity index is 440. The van der Waals surface area contributed by atoms with E-state index in [1.807, 2.05) is 0 Å². The van der Waals surface area contributed by atoms with Gasteiger partial charge in [0.25, 0.3) is 0 Å². The highest BCUT2D eigenvalue weighted by Crippen LogP contribution is 2.15. The summed E-state index contributed by atoms with van der Waals surface area (Å²) < 4.78 is 0. The quantitative estimate of drug-likeness (QED) is 0.425. The first-order valence-electron chi connectivity index (χ1n) is 4.19. The molecule has 84 valence electrons. The highest BCUT2D eigenvalue weighted by Gasteiger charge is 2.15. The number of hydrogen-bond acceptors (Lipinski definition) is 3. The smallest absolute Gasteiger partial charge is 0.344 e. The van der Waals surface area contributed by atoms with Crippen molar-refractivity contribution in [3.05, 3.63) is 41.1 Å². The number of anilines is 1. The first-order chi connectivity index (χ1) is 7.50. The lowest BCUT2D eigenvalue weighted by Gasteiger charge is -2.01. The van der Waals surface area contributed by atoms with Crippen LogP contribution in [-0.4, -0.2) is 22.2 Å². The Hall–Kier alpha value is -2.01. The van der Waals surface area contributed by atoms with E-state index in [-0.39, 0.29) is 0 Å². The molecular formula is C10H8ClNO4. The fraction of sp³-hybridized carbons (Fsp3) is 0. The van der Waals surface area contributed by atoms with E-state index in [1.54, 1.807) is 24.3 Å². The van der Waals surface area contributed by atoms with E-state index in [9.17, 15) is 9.59 Å². The number of aliphatic carboxylic acids is 2. The van der Waals surface area contributed by atoms with E-state index < -0.39 is 17.5 Å². The molecular weight excluding hydrogens is 234 g/mol. The molecule has 0 spiro atoms. The summed E-state index contributed by atoms with van der Waals surface area (Å²) in [6, 6.07) is 6.47. The molecule has 0 saturated carbocycles. The number of benzene rings is 1. The first-order valence-corrected chi connectivity index (χ1v) is 4.57. The summed E-state index contributed by atoms with van der Waals surface area (Å²) in [6.07, 6.45) is 0.899. The summed E-state index contributed by atoms with van der Waals surface area (Å²) in [7, 11) is 0. The van der Waals surface area contributed by atoms with Gasteiger partial charge in [-0.25, -0.2) is 9.59 Å².